The van der Waals surface area contributed by atoms with Crippen LogP contribution in [0.4, 0.5) is 11.4 Å². The van der Waals surface area contributed by atoms with Crippen molar-refractivity contribution in [2.24, 2.45) is 0 Å². The Kier molecular flexibility index (Phi) is 4.02. The molecule has 2 aromatic rings. The number of hydrogen-bond acceptors (Lipinski definition) is 5. The van der Waals surface area contributed by atoms with Gasteiger partial charge in [-0.15, -0.1) is 11.3 Å². The van der Waals surface area contributed by atoms with Crippen molar-refractivity contribution in [3.63, 3.8) is 0 Å². The molecule has 0 aliphatic carbocycles. The van der Waals surface area contributed by atoms with Crippen LogP contribution in [0.3, 0.4) is 0 Å². The Morgan fingerprint density at radius 1 is 1.32 bits per heavy atom. The van der Waals surface area contributed by atoms with Crippen LogP contribution in [0.25, 0.3) is 0 Å². The predicted molar refractivity (Wildman–Crippen MR) is 80.2 cm³/mol. The van der Waals surface area contributed by atoms with Gasteiger partial charge in [-0.05, 0) is 40.2 Å². The zero-order valence-electron chi connectivity index (χ0n) is 9.88. The summed E-state index contributed by atoms with van der Waals surface area (Å²) in [6.45, 7) is 0. The van der Waals surface area contributed by atoms with Crippen molar-refractivity contribution in [1.82, 2.24) is 0 Å². The van der Waals surface area contributed by atoms with Gasteiger partial charge in [-0.1, -0.05) is 0 Å². The molecule has 2 rings (SSSR count). The second kappa shape index (κ2) is 5.40. The first-order valence-corrected chi connectivity index (χ1v) is 8.23. The summed E-state index contributed by atoms with van der Waals surface area (Å²) in [4.78, 5) is 0. The number of ether oxygens (including phenoxy) is 1. The molecule has 0 atom stereocenters. The van der Waals surface area contributed by atoms with Crippen molar-refractivity contribution in [2.75, 3.05) is 17.6 Å². The number of sulfonamides is 1. The lowest BCUT2D eigenvalue weighted by Crippen LogP contribution is -2.11. The monoisotopic (exact) mass is 362 g/mol. The number of methoxy groups -OCH3 is 1. The van der Waals surface area contributed by atoms with Gasteiger partial charge in [0.05, 0.1) is 22.3 Å². The van der Waals surface area contributed by atoms with Gasteiger partial charge < -0.3 is 10.5 Å². The molecule has 0 aliphatic rings. The number of nitrogen functional groups attached to an aromatic ring is 1. The maximum absolute atomic E-state index is 12.1. The molecule has 19 heavy (non-hydrogen) atoms. The molecule has 0 amide bonds. The summed E-state index contributed by atoms with van der Waals surface area (Å²) in [6, 6.07) is 7.92. The van der Waals surface area contributed by atoms with E-state index in [1.54, 1.807) is 18.2 Å². The van der Waals surface area contributed by atoms with Crippen LogP contribution >= 0.6 is 27.3 Å². The second-order valence-corrected chi connectivity index (χ2v) is 7.99. The molecule has 0 fully saturated rings. The molecule has 1 aromatic heterocycles. The highest BCUT2D eigenvalue weighted by molar-refractivity contribution is 9.11. The molecule has 1 heterocycles. The first-order chi connectivity index (χ1) is 8.92. The van der Waals surface area contributed by atoms with Gasteiger partial charge in [0.15, 0.2) is 0 Å². The van der Waals surface area contributed by atoms with E-state index in [0.29, 0.717) is 17.1 Å². The Balaban J connectivity index is 2.30. The van der Waals surface area contributed by atoms with E-state index in [0.717, 1.165) is 15.1 Å². The average molecular weight is 363 g/mol. The van der Waals surface area contributed by atoms with Crippen LogP contribution in [0, 0.1) is 0 Å². The summed E-state index contributed by atoms with van der Waals surface area (Å²) in [5, 5.41) is 0. The molecule has 0 saturated carbocycles. The second-order valence-electron chi connectivity index (χ2n) is 3.62. The number of nitrogens with two attached hydrogens (primary N) is 1. The van der Waals surface area contributed by atoms with Crippen LogP contribution < -0.4 is 15.2 Å². The minimum Gasteiger partial charge on any atom is -0.495 e. The third kappa shape index (κ3) is 3.20. The first-order valence-electron chi connectivity index (χ1n) is 5.14. The fourth-order valence-electron chi connectivity index (χ4n) is 1.42. The molecule has 8 heteroatoms. The standard InChI is InChI=1S/C11H11BrN2O3S2/c1-17-9-6-7(2-3-8(9)13)14-19(15,16)11-5-4-10(12)18-11/h2-6,14H,13H2,1H3. The van der Waals surface area contributed by atoms with Gasteiger partial charge in [0.25, 0.3) is 10.0 Å². The Labute approximate surface area is 123 Å². The highest BCUT2D eigenvalue weighted by Crippen LogP contribution is 2.30. The van der Waals surface area contributed by atoms with Crippen LogP contribution in [-0.2, 0) is 10.0 Å². The minimum atomic E-state index is -3.59. The van der Waals surface area contributed by atoms with Crippen LogP contribution in [0.2, 0.25) is 0 Å². The molecule has 1 aromatic carbocycles. The summed E-state index contributed by atoms with van der Waals surface area (Å²) in [7, 11) is -2.12. The van der Waals surface area contributed by atoms with Crippen LogP contribution in [-0.4, -0.2) is 15.5 Å². The molecule has 3 N–H and O–H groups in total. The van der Waals surface area contributed by atoms with Crippen molar-refractivity contribution >= 4 is 48.7 Å². The van der Waals surface area contributed by atoms with E-state index in [2.05, 4.69) is 20.7 Å². The molecule has 0 saturated heterocycles. The lowest BCUT2D eigenvalue weighted by Gasteiger charge is -2.09. The smallest absolute Gasteiger partial charge is 0.271 e. The number of thiophene rings is 1. The van der Waals surface area contributed by atoms with E-state index in [9.17, 15) is 8.42 Å². The average Bonchev–Trinajstić information content (AvgIpc) is 2.79. The Bertz CT molecular complexity index is 698. The van der Waals surface area contributed by atoms with Crippen molar-refractivity contribution in [2.45, 2.75) is 4.21 Å². The number of benzene rings is 1. The lowest BCUT2D eigenvalue weighted by atomic mass is 10.3. The molecule has 0 bridgehead atoms. The van der Waals surface area contributed by atoms with Crippen molar-refractivity contribution in [3.05, 3.63) is 34.1 Å². The summed E-state index contributed by atoms with van der Waals surface area (Å²) in [5.41, 5.74) is 6.52. The predicted octanol–water partition coefficient (Wildman–Crippen LogP) is 2.90. The van der Waals surface area contributed by atoms with Crippen LogP contribution in [0.1, 0.15) is 0 Å². The van der Waals surface area contributed by atoms with E-state index in [1.807, 2.05) is 0 Å². The molecular weight excluding hydrogens is 352 g/mol. The zero-order valence-corrected chi connectivity index (χ0v) is 13.1. The van der Waals surface area contributed by atoms with Crippen LogP contribution in [0.15, 0.2) is 38.3 Å². The van der Waals surface area contributed by atoms with Gasteiger partial charge in [-0.25, -0.2) is 8.42 Å². The molecule has 0 radical (unpaired) electrons. The molecule has 0 unspecified atom stereocenters. The lowest BCUT2D eigenvalue weighted by molar-refractivity contribution is 0.417. The van der Waals surface area contributed by atoms with E-state index >= 15 is 0 Å². The normalized spacial score (nSPS) is 11.3. The van der Waals surface area contributed by atoms with E-state index < -0.39 is 10.0 Å². The molecule has 0 aliphatic heterocycles. The van der Waals surface area contributed by atoms with Gasteiger partial charge >= 0.3 is 0 Å². The quantitative estimate of drug-likeness (QED) is 0.819. The number of halogens is 1. The van der Waals surface area contributed by atoms with Gasteiger partial charge in [-0.3, -0.25) is 4.72 Å². The zero-order chi connectivity index (χ0) is 14.0. The Morgan fingerprint density at radius 2 is 2.05 bits per heavy atom. The van der Waals surface area contributed by atoms with Crippen molar-refractivity contribution in [3.8, 4) is 5.75 Å². The van der Waals surface area contributed by atoms with Crippen LogP contribution in [0.5, 0.6) is 5.75 Å². The van der Waals surface area contributed by atoms with Gasteiger partial charge in [-0.2, -0.15) is 0 Å². The summed E-state index contributed by atoms with van der Waals surface area (Å²) in [5.74, 6) is 0.424. The van der Waals surface area contributed by atoms with Gasteiger partial charge in [0.1, 0.15) is 9.96 Å². The Morgan fingerprint density at radius 3 is 2.63 bits per heavy atom. The highest BCUT2D eigenvalue weighted by atomic mass is 79.9. The van der Waals surface area contributed by atoms with E-state index in [-0.39, 0.29) is 4.21 Å². The van der Waals surface area contributed by atoms with Crippen molar-refractivity contribution in [1.29, 1.82) is 0 Å². The molecule has 102 valence electrons. The van der Waals surface area contributed by atoms with E-state index in [4.69, 9.17) is 10.5 Å². The van der Waals surface area contributed by atoms with E-state index in [1.165, 1.54) is 19.2 Å². The maximum atomic E-state index is 12.1. The highest BCUT2D eigenvalue weighted by Gasteiger charge is 2.17. The summed E-state index contributed by atoms with van der Waals surface area (Å²) < 4.78 is 32.7. The number of rotatable bonds is 4. The number of anilines is 2. The largest absolute Gasteiger partial charge is 0.495 e. The first kappa shape index (κ1) is 14.2. The topological polar surface area (TPSA) is 81.4 Å². The Hall–Kier alpha value is -1.25. The molecule has 5 nitrogen and oxygen atoms in total. The SMILES string of the molecule is COc1cc(NS(=O)(=O)c2ccc(Br)s2)ccc1N. The summed E-state index contributed by atoms with van der Waals surface area (Å²) in [6.07, 6.45) is 0. The molecular formula is C11H11BrN2O3S2. The van der Waals surface area contributed by atoms with Crippen molar-refractivity contribution < 1.29 is 13.2 Å². The van der Waals surface area contributed by atoms with Gasteiger partial charge in [0.2, 0.25) is 0 Å². The maximum Gasteiger partial charge on any atom is 0.271 e. The minimum absolute atomic E-state index is 0.232. The number of hydrogen-bond donors (Lipinski definition) is 2. The molecule has 0 spiro atoms. The third-order valence-electron chi connectivity index (χ3n) is 2.30. The fraction of sp³-hybridized carbons (Fsp3) is 0.0909. The third-order valence-corrected chi connectivity index (χ3v) is 5.80. The van der Waals surface area contributed by atoms with Gasteiger partial charge in [0, 0.05) is 6.07 Å². The number of nitrogens with one attached hydrogen (secondary N) is 1. The fourth-order valence-corrected chi connectivity index (χ4v) is 4.48. The summed E-state index contributed by atoms with van der Waals surface area (Å²) >= 11 is 4.37.